The normalized spacial score (nSPS) is 11.7. The Bertz CT molecular complexity index is 912. The second kappa shape index (κ2) is 8.64. The van der Waals surface area contributed by atoms with E-state index >= 15 is 0 Å². The Labute approximate surface area is 173 Å². The summed E-state index contributed by atoms with van der Waals surface area (Å²) >= 11 is 9.59. The van der Waals surface area contributed by atoms with Gasteiger partial charge in [-0.25, -0.2) is 15.0 Å². The molecule has 142 valence electrons. The maximum absolute atomic E-state index is 6.02. The van der Waals surface area contributed by atoms with E-state index in [0.29, 0.717) is 17.0 Å². The Kier molecular flexibility index (Phi) is 6.47. The predicted octanol–water partition coefficient (Wildman–Crippen LogP) is 5.74. The van der Waals surface area contributed by atoms with E-state index in [2.05, 4.69) is 45.5 Å². The van der Waals surface area contributed by atoms with Crippen molar-refractivity contribution in [2.24, 2.45) is 0 Å². The number of aromatic nitrogens is 4. The summed E-state index contributed by atoms with van der Waals surface area (Å²) in [5, 5.41) is 0.202. The Morgan fingerprint density at radius 2 is 1.85 bits per heavy atom. The van der Waals surface area contributed by atoms with Crippen LogP contribution in [0.15, 0.2) is 47.2 Å². The molecule has 1 aromatic carbocycles. The predicted molar refractivity (Wildman–Crippen MR) is 116 cm³/mol. The van der Waals surface area contributed by atoms with Crippen LogP contribution in [0.25, 0.3) is 22.8 Å². The molecule has 27 heavy (non-hydrogen) atoms. The summed E-state index contributed by atoms with van der Waals surface area (Å²) in [6.45, 7) is 8.14. The van der Waals surface area contributed by atoms with Gasteiger partial charge in [-0.1, -0.05) is 50.0 Å². The molecule has 0 amide bonds. The lowest BCUT2D eigenvalue weighted by Gasteiger charge is -2.17. The van der Waals surface area contributed by atoms with Crippen molar-refractivity contribution in [3.8, 4) is 22.8 Å². The monoisotopic (exact) mass is 464 g/mol. The molecular formula is C19H22BrClN4OSi. The van der Waals surface area contributed by atoms with E-state index in [1.54, 1.807) is 6.20 Å². The maximum atomic E-state index is 6.02. The zero-order valence-corrected chi connectivity index (χ0v) is 19.0. The smallest absolute Gasteiger partial charge is 0.222 e. The first-order valence-corrected chi connectivity index (χ1v) is 13.6. The number of nitrogens with zero attached hydrogens (tertiary/aromatic N) is 4. The molecule has 0 N–H and O–H groups in total. The second-order valence-electron chi connectivity index (χ2n) is 7.43. The molecule has 8 heteroatoms. The van der Waals surface area contributed by atoms with Crippen molar-refractivity contribution in [1.29, 1.82) is 0 Å². The van der Waals surface area contributed by atoms with Gasteiger partial charge in [0.2, 0.25) is 5.28 Å². The summed E-state index contributed by atoms with van der Waals surface area (Å²) in [7, 11) is -1.15. The lowest BCUT2D eigenvalue weighted by Crippen LogP contribution is -2.22. The molecule has 5 nitrogen and oxygen atoms in total. The van der Waals surface area contributed by atoms with E-state index in [1.165, 1.54) is 0 Å². The summed E-state index contributed by atoms with van der Waals surface area (Å²) in [4.78, 5) is 13.0. The molecule has 3 rings (SSSR count). The van der Waals surface area contributed by atoms with E-state index in [0.717, 1.165) is 29.7 Å². The molecule has 0 fully saturated rings. The largest absolute Gasteiger partial charge is 0.361 e. The Morgan fingerprint density at radius 1 is 1.11 bits per heavy atom. The van der Waals surface area contributed by atoms with E-state index < -0.39 is 8.07 Å². The second-order valence-corrected chi connectivity index (χ2v) is 14.1. The van der Waals surface area contributed by atoms with Crippen molar-refractivity contribution >= 4 is 35.6 Å². The topological polar surface area (TPSA) is 52.8 Å². The number of hydrogen-bond donors (Lipinski definition) is 0. The highest BCUT2D eigenvalue weighted by atomic mass is 79.9. The van der Waals surface area contributed by atoms with Crippen LogP contribution in [0.2, 0.25) is 31.0 Å². The van der Waals surface area contributed by atoms with Gasteiger partial charge in [0.05, 0.1) is 5.69 Å². The molecule has 0 unspecified atom stereocenters. The molecule has 0 spiro atoms. The van der Waals surface area contributed by atoms with Crippen LogP contribution >= 0.6 is 27.5 Å². The van der Waals surface area contributed by atoms with Gasteiger partial charge in [0.25, 0.3) is 0 Å². The molecule has 0 aliphatic carbocycles. The molecule has 3 aromatic rings. The van der Waals surface area contributed by atoms with Gasteiger partial charge >= 0.3 is 0 Å². The average Bonchev–Trinajstić information content (AvgIpc) is 2.95. The summed E-state index contributed by atoms with van der Waals surface area (Å²) < 4.78 is 8.75. The van der Waals surface area contributed by atoms with Gasteiger partial charge in [-0.2, -0.15) is 0 Å². The number of rotatable bonds is 7. The Morgan fingerprint density at radius 3 is 2.52 bits per heavy atom. The first-order chi connectivity index (χ1) is 12.8. The van der Waals surface area contributed by atoms with Crippen LogP contribution in [0.1, 0.15) is 0 Å². The number of ether oxygens (including phenoxy) is 1. The third-order valence-electron chi connectivity index (χ3n) is 4.04. The van der Waals surface area contributed by atoms with Crippen LogP contribution in [-0.4, -0.2) is 34.2 Å². The number of benzene rings is 1. The molecule has 0 aliphatic rings. The molecule has 0 bridgehead atoms. The zero-order valence-electron chi connectivity index (χ0n) is 15.6. The zero-order chi connectivity index (χ0) is 19.4. The van der Waals surface area contributed by atoms with E-state index in [-0.39, 0.29) is 5.28 Å². The highest BCUT2D eigenvalue weighted by Crippen LogP contribution is 2.32. The fraction of sp³-hybridized carbons (Fsp3) is 0.316. The SMILES string of the molecule is C[Si](C)(C)CCOCn1c(-c2ccccc2)nc(Br)c1-c1ccnc(Cl)n1. The Hall–Kier alpha value is -1.54. The standard InChI is InChI=1S/C19H22BrClN4OSi/c1-27(2,3)12-11-26-13-25-16(15-9-10-22-19(21)23-15)17(20)24-18(25)14-7-5-4-6-8-14/h4-10H,11-13H2,1-3H3. The van der Waals surface area contributed by atoms with Crippen molar-refractivity contribution < 1.29 is 4.74 Å². The lowest BCUT2D eigenvalue weighted by molar-refractivity contribution is 0.0892. The van der Waals surface area contributed by atoms with Crippen LogP contribution < -0.4 is 0 Å². The number of hydrogen-bond acceptors (Lipinski definition) is 4. The van der Waals surface area contributed by atoms with Crippen LogP contribution in [0.3, 0.4) is 0 Å². The summed E-state index contributed by atoms with van der Waals surface area (Å²) in [5.74, 6) is 0.820. The van der Waals surface area contributed by atoms with E-state index in [1.807, 2.05) is 41.0 Å². The van der Waals surface area contributed by atoms with Crippen LogP contribution in [0.4, 0.5) is 0 Å². The lowest BCUT2D eigenvalue weighted by atomic mass is 10.2. The minimum Gasteiger partial charge on any atom is -0.361 e. The molecule has 0 saturated carbocycles. The quantitative estimate of drug-likeness (QED) is 0.254. The third kappa shape index (κ3) is 5.25. The van der Waals surface area contributed by atoms with Crippen molar-refractivity contribution in [2.45, 2.75) is 32.4 Å². The van der Waals surface area contributed by atoms with Crippen molar-refractivity contribution in [1.82, 2.24) is 19.5 Å². The van der Waals surface area contributed by atoms with Crippen LogP contribution in [-0.2, 0) is 11.5 Å². The Balaban J connectivity index is 1.98. The van der Waals surface area contributed by atoms with Crippen molar-refractivity contribution in [3.63, 3.8) is 0 Å². The average molecular weight is 466 g/mol. The fourth-order valence-corrected chi connectivity index (χ4v) is 4.09. The van der Waals surface area contributed by atoms with Gasteiger partial charge in [-0.3, -0.25) is 4.57 Å². The minimum absolute atomic E-state index is 0.202. The molecule has 2 aromatic heterocycles. The third-order valence-corrected chi connectivity index (χ3v) is 6.48. The van der Waals surface area contributed by atoms with Gasteiger partial charge < -0.3 is 4.74 Å². The minimum atomic E-state index is -1.15. The summed E-state index contributed by atoms with van der Waals surface area (Å²) in [6.07, 6.45) is 1.64. The highest BCUT2D eigenvalue weighted by molar-refractivity contribution is 9.10. The molecule has 0 radical (unpaired) electrons. The number of halogens is 2. The molecule has 0 aliphatic heterocycles. The van der Waals surface area contributed by atoms with Crippen LogP contribution in [0.5, 0.6) is 0 Å². The van der Waals surface area contributed by atoms with Gasteiger partial charge in [-0.05, 0) is 39.6 Å². The summed E-state index contributed by atoms with van der Waals surface area (Å²) in [6, 6.07) is 13.0. The first kappa shape index (κ1) is 20.2. The molecule has 0 saturated heterocycles. The molecular weight excluding hydrogens is 444 g/mol. The van der Waals surface area contributed by atoms with E-state index in [4.69, 9.17) is 21.3 Å². The van der Waals surface area contributed by atoms with Gasteiger partial charge in [0.1, 0.15) is 22.9 Å². The molecule has 0 atom stereocenters. The highest BCUT2D eigenvalue weighted by Gasteiger charge is 2.20. The molecule has 2 heterocycles. The van der Waals surface area contributed by atoms with Crippen LogP contribution in [0, 0.1) is 0 Å². The fourth-order valence-electron chi connectivity index (χ4n) is 2.60. The van der Waals surface area contributed by atoms with Gasteiger partial charge in [0, 0.05) is 26.4 Å². The van der Waals surface area contributed by atoms with Gasteiger partial charge in [-0.15, -0.1) is 0 Å². The van der Waals surface area contributed by atoms with Crippen molar-refractivity contribution in [2.75, 3.05) is 6.61 Å². The number of imidazole rings is 1. The first-order valence-electron chi connectivity index (χ1n) is 8.73. The van der Waals surface area contributed by atoms with Gasteiger partial charge in [0.15, 0.2) is 0 Å². The van der Waals surface area contributed by atoms with E-state index in [9.17, 15) is 0 Å². The van der Waals surface area contributed by atoms with Crippen molar-refractivity contribution in [3.05, 3.63) is 52.5 Å². The summed E-state index contributed by atoms with van der Waals surface area (Å²) in [5.41, 5.74) is 2.54. The maximum Gasteiger partial charge on any atom is 0.222 e.